The molecule has 19 heavy (non-hydrogen) atoms. The summed E-state index contributed by atoms with van der Waals surface area (Å²) in [6.45, 7) is 8.63. The molecule has 2 heterocycles. The van der Waals surface area contributed by atoms with Gasteiger partial charge in [-0.1, -0.05) is 23.8 Å². The first-order chi connectivity index (χ1) is 9.16. The highest BCUT2D eigenvalue weighted by molar-refractivity contribution is 5.69. The van der Waals surface area contributed by atoms with E-state index < -0.39 is 0 Å². The van der Waals surface area contributed by atoms with Crippen LogP contribution in [0.4, 0.5) is 0 Å². The van der Waals surface area contributed by atoms with Gasteiger partial charge in [0, 0.05) is 17.8 Å². The van der Waals surface area contributed by atoms with Gasteiger partial charge in [-0.05, 0) is 44.9 Å². The van der Waals surface area contributed by atoms with Gasteiger partial charge in [0.25, 0.3) is 0 Å². The van der Waals surface area contributed by atoms with Gasteiger partial charge in [0.05, 0.1) is 12.2 Å². The number of aromatic nitrogens is 2. The lowest BCUT2D eigenvalue weighted by atomic mass is 9.99. The molecule has 0 aliphatic carbocycles. The second-order valence-corrected chi connectivity index (χ2v) is 5.55. The Bertz CT molecular complexity index is 592. The fourth-order valence-electron chi connectivity index (χ4n) is 3.02. The molecule has 0 bridgehead atoms. The van der Waals surface area contributed by atoms with Crippen molar-refractivity contribution in [2.24, 2.45) is 0 Å². The molecule has 1 atom stereocenters. The maximum atomic E-state index is 4.61. The van der Waals surface area contributed by atoms with Crippen LogP contribution in [0.3, 0.4) is 0 Å². The Balaban J connectivity index is 2.01. The number of nitrogens with zero attached hydrogens (tertiary/aromatic N) is 2. The molecule has 1 aliphatic rings. The third kappa shape index (κ3) is 2.19. The van der Waals surface area contributed by atoms with Crippen LogP contribution in [0.15, 0.2) is 24.4 Å². The summed E-state index contributed by atoms with van der Waals surface area (Å²) in [4.78, 5) is 0. The van der Waals surface area contributed by atoms with E-state index in [-0.39, 0.29) is 0 Å². The van der Waals surface area contributed by atoms with Gasteiger partial charge in [-0.15, -0.1) is 0 Å². The van der Waals surface area contributed by atoms with E-state index in [9.17, 15) is 0 Å². The zero-order valence-electron chi connectivity index (χ0n) is 11.9. The van der Waals surface area contributed by atoms with Gasteiger partial charge in [-0.25, -0.2) is 0 Å². The smallest absolute Gasteiger partial charge is 0.0658 e. The third-order valence-corrected chi connectivity index (χ3v) is 4.10. The molecule has 1 aromatic carbocycles. The summed E-state index contributed by atoms with van der Waals surface area (Å²) in [6.07, 6.45) is 3.19. The molecule has 2 aromatic rings. The molecule has 1 saturated heterocycles. The average molecular weight is 255 g/mol. The van der Waals surface area contributed by atoms with Gasteiger partial charge in [0.15, 0.2) is 0 Å². The summed E-state index contributed by atoms with van der Waals surface area (Å²) < 4.78 is 2.19. The first kappa shape index (κ1) is 12.4. The maximum Gasteiger partial charge on any atom is 0.0658 e. The number of benzene rings is 1. The molecular weight excluding hydrogens is 234 g/mol. The summed E-state index contributed by atoms with van der Waals surface area (Å²) in [6, 6.07) is 7.14. The van der Waals surface area contributed by atoms with Crippen molar-refractivity contribution in [3.8, 4) is 11.1 Å². The number of rotatable bonds is 2. The van der Waals surface area contributed by atoms with Crippen molar-refractivity contribution < 1.29 is 0 Å². The quantitative estimate of drug-likeness (QED) is 0.894. The van der Waals surface area contributed by atoms with E-state index in [0.717, 1.165) is 13.1 Å². The predicted octanol–water partition coefficient (Wildman–Crippen LogP) is 3.01. The second-order valence-electron chi connectivity index (χ2n) is 5.55. The van der Waals surface area contributed by atoms with Gasteiger partial charge in [0.1, 0.15) is 0 Å². The minimum atomic E-state index is 0.513. The molecule has 1 aromatic heterocycles. The molecule has 1 aliphatic heterocycles. The molecule has 0 spiro atoms. The van der Waals surface area contributed by atoms with Gasteiger partial charge in [0.2, 0.25) is 0 Å². The number of hydrogen-bond donors (Lipinski definition) is 1. The molecule has 3 nitrogen and oxygen atoms in total. The lowest BCUT2D eigenvalue weighted by Crippen LogP contribution is -2.15. The molecular formula is C16H21N3. The Morgan fingerprint density at radius 3 is 2.74 bits per heavy atom. The van der Waals surface area contributed by atoms with Crippen molar-refractivity contribution in [2.45, 2.75) is 33.2 Å². The number of aryl methyl sites for hydroxylation is 2. The van der Waals surface area contributed by atoms with E-state index >= 15 is 0 Å². The Hall–Kier alpha value is -1.61. The minimum absolute atomic E-state index is 0.513. The van der Waals surface area contributed by atoms with Crippen LogP contribution in [0.5, 0.6) is 0 Å². The SMILES string of the molecule is Cc1ccc(-c2cnn(C3CCNC3)c2C)c(C)c1. The molecule has 1 N–H and O–H groups in total. The van der Waals surface area contributed by atoms with Gasteiger partial charge in [-0.2, -0.15) is 5.10 Å². The lowest BCUT2D eigenvalue weighted by Gasteiger charge is -2.13. The summed E-state index contributed by atoms with van der Waals surface area (Å²) in [5.41, 5.74) is 6.49. The molecule has 0 radical (unpaired) electrons. The maximum absolute atomic E-state index is 4.61. The zero-order valence-corrected chi connectivity index (χ0v) is 11.9. The van der Waals surface area contributed by atoms with Crippen molar-refractivity contribution in [2.75, 3.05) is 13.1 Å². The Morgan fingerprint density at radius 1 is 1.21 bits per heavy atom. The summed E-state index contributed by atoms with van der Waals surface area (Å²) in [5, 5.41) is 8.02. The van der Waals surface area contributed by atoms with Crippen LogP contribution in [-0.2, 0) is 0 Å². The molecule has 3 rings (SSSR count). The van der Waals surface area contributed by atoms with Crippen molar-refractivity contribution in [3.05, 3.63) is 41.2 Å². The molecule has 1 fully saturated rings. The number of hydrogen-bond acceptors (Lipinski definition) is 2. The average Bonchev–Trinajstić information content (AvgIpc) is 2.99. The Kier molecular flexibility index (Phi) is 3.15. The van der Waals surface area contributed by atoms with E-state index in [1.54, 1.807) is 0 Å². The second kappa shape index (κ2) is 4.82. The van der Waals surface area contributed by atoms with Crippen LogP contribution in [0.1, 0.15) is 29.3 Å². The van der Waals surface area contributed by atoms with Crippen molar-refractivity contribution >= 4 is 0 Å². The van der Waals surface area contributed by atoms with Gasteiger partial charge in [-0.3, -0.25) is 4.68 Å². The van der Waals surface area contributed by atoms with Crippen LogP contribution in [0.25, 0.3) is 11.1 Å². The Morgan fingerprint density at radius 2 is 2.05 bits per heavy atom. The van der Waals surface area contributed by atoms with Crippen LogP contribution in [-0.4, -0.2) is 22.9 Å². The van der Waals surface area contributed by atoms with E-state index in [1.807, 2.05) is 6.20 Å². The van der Waals surface area contributed by atoms with E-state index in [1.165, 1.54) is 34.4 Å². The highest BCUT2D eigenvalue weighted by Gasteiger charge is 2.20. The molecule has 3 heteroatoms. The highest BCUT2D eigenvalue weighted by Crippen LogP contribution is 2.29. The molecule has 1 unspecified atom stereocenters. The summed E-state index contributed by atoms with van der Waals surface area (Å²) in [7, 11) is 0. The third-order valence-electron chi connectivity index (χ3n) is 4.10. The van der Waals surface area contributed by atoms with E-state index in [4.69, 9.17) is 0 Å². The highest BCUT2D eigenvalue weighted by atomic mass is 15.3. The largest absolute Gasteiger partial charge is 0.315 e. The van der Waals surface area contributed by atoms with Crippen LogP contribution >= 0.6 is 0 Å². The van der Waals surface area contributed by atoms with E-state index in [2.05, 4.69) is 54.1 Å². The van der Waals surface area contributed by atoms with Crippen LogP contribution < -0.4 is 5.32 Å². The molecule has 100 valence electrons. The summed E-state index contributed by atoms with van der Waals surface area (Å²) in [5.74, 6) is 0. The van der Waals surface area contributed by atoms with Crippen molar-refractivity contribution in [3.63, 3.8) is 0 Å². The fourth-order valence-corrected chi connectivity index (χ4v) is 3.02. The topological polar surface area (TPSA) is 29.9 Å². The summed E-state index contributed by atoms with van der Waals surface area (Å²) >= 11 is 0. The Labute approximate surface area is 114 Å². The minimum Gasteiger partial charge on any atom is -0.315 e. The zero-order chi connectivity index (χ0) is 13.4. The monoisotopic (exact) mass is 255 g/mol. The van der Waals surface area contributed by atoms with E-state index in [0.29, 0.717) is 6.04 Å². The first-order valence-electron chi connectivity index (χ1n) is 6.99. The van der Waals surface area contributed by atoms with Crippen molar-refractivity contribution in [1.82, 2.24) is 15.1 Å². The normalized spacial score (nSPS) is 19.0. The van der Waals surface area contributed by atoms with Gasteiger partial charge >= 0.3 is 0 Å². The van der Waals surface area contributed by atoms with Crippen molar-refractivity contribution in [1.29, 1.82) is 0 Å². The first-order valence-corrected chi connectivity index (χ1v) is 6.99. The standard InChI is InChI=1S/C16H21N3/c1-11-4-5-15(12(2)8-11)16-10-18-19(13(16)3)14-6-7-17-9-14/h4-5,8,10,14,17H,6-7,9H2,1-3H3. The van der Waals surface area contributed by atoms with Crippen LogP contribution in [0, 0.1) is 20.8 Å². The fraction of sp³-hybridized carbons (Fsp3) is 0.438. The predicted molar refractivity (Wildman–Crippen MR) is 78.4 cm³/mol. The molecule has 0 saturated carbocycles. The van der Waals surface area contributed by atoms with Gasteiger partial charge < -0.3 is 5.32 Å². The lowest BCUT2D eigenvalue weighted by molar-refractivity contribution is 0.480. The molecule has 0 amide bonds. The van der Waals surface area contributed by atoms with Crippen LogP contribution in [0.2, 0.25) is 0 Å². The number of nitrogens with one attached hydrogen (secondary N) is 1.